The minimum absolute atomic E-state index is 0.340. The number of aromatic nitrogens is 3. The zero-order valence-corrected chi connectivity index (χ0v) is 12.1. The summed E-state index contributed by atoms with van der Waals surface area (Å²) in [6.07, 6.45) is 1.26. The maximum Gasteiger partial charge on any atom is 0.249 e. The Kier molecular flexibility index (Phi) is 3.24. The van der Waals surface area contributed by atoms with Gasteiger partial charge in [-0.15, -0.1) is 10.2 Å². The molecule has 106 valence electrons. The summed E-state index contributed by atoms with van der Waals surface area (Å²) in [7, 11) is 0. The Hall–Kier alpha value is -1.50. The molecule has 7 heteroatoms. The van der Waals surface area contributed by atoms with Gasteiger partial charge in [0.1, 0.15) is 5.15 Å². The number of halogens is 1. The van der Waals surface area contributed by atoms with Gasteiger partial charge in [0, 0.05) is 6.20 Å². The minimum Gasteiger partial charge on any atom is -0.418 e. The Balaban J connectivity index is 1.85. The summed E-state index contributed by atoms with van der Waals surface area (Å²) in [5, 5.41) is 8.48. The van der Waals surface area contributed by atoms with Crippen molar-refractivity contribution in [1.82, 2.24) is 15.2 Å². The van der Waals surface area contributed by atoms with Crippen molar-refractivity contribution in [3.05, 3.63) is 28.9 Å². The van der Waals surface area contributed by atoms with Crippen LogP contribution in [0.25, 0.3) is 11.5 Å². The first-order valence-corrected chi connectivity index (χ1v) is 6.60. The second kappa shape index (κ2) is 4.80. The first-order valence-electron chi connectivity index (χ1n) is 6.22. The molecule has 0 radical (unpaired) electrons. The average Bonchev–Trinajstić information content (AvgIpc) is 2.99. The molecule has 1 saturated heterocycles. The Morgan fingerprint density at radius 3 is 2.80 bits per heavy atom. The van der Waals surface area contributed by atoms with Crippen LogP contribution < -0.4 is 0 Å². The van der Waals surface area contributed by atoms with Crippen molar-refractivity contribution in [3.63, 3.8) is 0 Å². The monoisotopic (exact) mass is 295 g/mol. The molecule has 1 aliphatic heterocycles. The lowest BCUT2D eigenvalue weighted by atomic mass is 10.2. The van der Waals surface area contributed by atoms with Crippen LogP contribution in [-0.4, -0.2) is 27.6 Å². The van der Waals surface area contributed by atoms with Crippen LogP contribution in [0.4, 0.5) is 0 Å². The topological polar surface area (TPSA) is 70.3 Å². The number of rotatable bonds is 2. The Morgan fingerprint density at radius 1 is 1.35 bits per heavy atom. The lowest BCUT2D eigenvalue weighted by Crippen LogP contribution is -2.19. The van der Waals surface area contributed by atoms with Crippen molar-refractivity contribution in [2.75, 3.05) is 6.61 Å². The molecule has 2 aromatic rings. The first kappa shape index (κ1) is 13.5. The lowest BCUT2D eigenvalue weighted by Gasteiger charge is -2.15. The molecule has 0 aliphatic carbocycles. The molecule has 1 atom stereocenters. The van der Waals surface area contributed by atoms with E-state index in [0.29, 0.717) is 23.5 Å². The van der Waals surface area contributed by atoms with Crippen molar-refractivity contribution in [2.24, 2.45) is 0 Å². The molecule has 0 spiro atoms. The highest BCUT2D eigenvalue weighted by atomic mass is 35.5. The summed E-state index contributed by atoms with van der Waals surface area (Å²) in [6.45, 7) is 5.95. The zero-order valence-electron chi connectivity index (χ0n) is 11.4. The summed E-state index contributed by atoms with van der Waals surface area (Å²) in [5.41, 5.74) is 1.58. The van der Waals surface area contributed by atoms with E-state index in [1.54, 1.807) is 6.20 Å². The summed E-state index contributed by atoms with van der Waals surface area (Å²) in [5.74, 6) is 0.163. The Morgan fingerprint density at radius 2 is 2.15 bits per heavy atom. The molecule has 2 aromatic heterocycles. The van der Waals surface area contributed by atoms with E-state index in [1.165, 1.54) is 0 Å². The maximum absolute atomic E-state index is 5.89. The van der Waals surface area contributed by atoms with Gasteiger partial charge in [0.15, 0.2) is 11.9 Å². The quantitative estimate of drug-likeness (QED) is 0.793. The van der Waals surface area contributed by atoms with Gasteiger partial charge in [-0.05, 0) is 32.4 Å². The Bertz CT molecular complexity index is 642. The maximum atomic E-state index is 5.89. The third-order valence-corrected chi connectivity index (χ3v) is 3.38. The summed E-state index contributed by atoms with van der Waals surface area (Å²) < 4.78 is 16.8. The zero-order chi connectivity index (χ0) is 14.3. The normalized spacial score (nSPS) is 21.3. The number of hydrogen-bond donors (Lipinski definition) is 0. The third kappa shape index (κ3) is 2.54. The van der Waals surface area contributed by atoms with E-state index in [9.17, 15) is 0 Å². The second-order valence-electron chi connectivity index (χ2n) is 5.09. The van der Waals surface area contributed by atoms with Crippen molar-refractivity contribution >= 4 is 11.6 Å². The molecule has 0 bridgehead atoms. The molecule has 1 aliphatic rings. The predicted octanol–water partition coefficient (Wildman–Crippen LogP) is 2.92. The fraction of sp³-hybridized carbons (Fsp3) is 0.462. The van der Waals surface area contributed by atoms with E-state index in [-0.39, 0.29) is 6.10 Å². The van der Waals surface area contributed by atoms with Gasteiger partial charge in [-0.3, -0.25) is 0 Å². The number of ether oxygens (including phenoxy) is 2. The number of aryl methyl sites for hydroxylation is 1. The summed E-state index contributed by atoms with van der Waals surface area (Å²) in [6, 6.07) is 1.85. The smallest absolute Gasteiger partial charge is 0.249 e. The van der Waals surface area contributed by atoms with Crippen molar-refractivity contribution in [2.45, 2.75) is 32.7 Å². The van der Waals surface area contributed by atoms with Crippen LogP contribution in [0.3, 0.4) is 0 Å². The molecule has 0 aromatic carbocycles. The van der Waals surface area contributed by atoms with E-state index >= 15 is 0 Å². The molecule has 0 unspecified atom stereocenters. The average molecular weight is 296 g/mol. The van der Waals surface area contributed by atoms with Crippen molar-refractivity contribution in [1.29, 1.82) is 0 Å². The highest BCUT2D eigenvalue weighted by molar-refractivity contribution is 6.30. The second-order valence-corrected chi connectivity index (χ2v) is 5.45. The predicted molar refractivity (Wildman–Crippen MR) is 71.1 cm³/mol. The number of pyridine rings is 1. The highest BCUT2D eigenvalue weighted by Gasteiger charge is 2.36. The molecule has 20 heavy (non-hydrogen) atoms. The Labute approximate surface area is 121 Å². The third-order valence-electron chi connectivity index (χ3n) is 2.99. The van der Waals surface area contributed by atoms with Gasteiger partial charge in [-0.25, -0.2) is 4.98 Å². The fourth-order valence-electron chi connectivity index (χ4n) is 1.97. The van der Waals surface area contributed by atoms with Crippen LogP contribution in [0.15, 0.2) is 16.7 Å². The van der Waals surface area contributed by atoms with Crippen LogP contribution in [0.1, 0.15) is 31.4 Å². The first-order chi connectivity index (χ1) is 9.44. The standard InChI is InChI=1S/C13H14ClN3O3/c1-7-4-8(5-15-10(7)14)11-16-17-12(19-11)9-6-18-13(2,3)20-9/h4-5,9H,6H2,1-3H3/t9-/m1/s1. The summed E-state index contributed by atoms with van der Waals surface area (Å²) >= 11 is 5.89. The van der Waals surface area contributed by atoms with E-state index in [0.717, 1.165) is 11.1 Å². The van der Waals surface area contributed by atoms with Crippen molar-refractivity contribution in [3.8, 4) is 11.5 Å². The molecule has 3 heterocycles. The van der Waals surface area contributed by atoms with Crippen LogP contribution >= 0.6 is 11.6 Å². The van der Waals surface area contributed by atoms with Crippen LogP contribution in [0, 0.1) is 6.92 Å². The molecule has 1 fully saturated rings. The SMILES string of the molecule is Cc1cc(-c2nnc([C@H]3COC(C)(C)O3)o2)cnc1Cl. The van der Waals surface area contributed by atoms with Gasteiger partial charge in [0.05, 0.1) is 12.2 Å². The number of nitrogens with zero attached hydrogens (tertiary/aromatic N) is 3. The van der Waals surface area contributed by atoms with Gasteiger partial charge in [0.25, 0.3) is 0 Å². The molecule has 6 nitrogen and oxygen atoms in total. The van der Waals surface area contributed by atoms with Crippen LogP contribution in [0.5, 0.6) is 0 Å². The van der Waals surface area contributed by atoms with Gasteiger partial charge in [-0.1, -0.05) is 11.6 Å². The number of hydrogen-bond acceptors (Lipinski definition) is 6. The lowest BCUT2D eigenvalue weighted by molar-refractivity contribution is -0.141. The largest absolute Gasteiger partial charge is 0.418 e. The highest BCUT2D eigenvalue weighted by Crippen LogP contribution is 2.33. The molecule has 0 N–H and O–H groups in total. The van der Waals surface area contributed by atoms with Crippen LogP contribution in [-0.2, 0) is 9.47 Å². The molecule has 3 rings (SSSR count). The van der Waals surface area contributed by atoms with E-state index in [4.69, 9.17) is 25.5 Å². The van der Waals surface area contributed by atoms with Gasteiger partial charge in [-0.2, -0.15) is 0 Å². The van der Waals surface area contributed by atoms with Gasteiger partial charge in [0.2, 0.25) is 11.8 Å². The van der Waals surface area contributed by atoms with E-state index in [1.807, 2.05) is 26.8 Å². The van der Waals surface area contributed by atoms with E-state index < -0.39 is 5.79 Å². The fourth-order valence-corrected chi connectivity index (χ4v) is 2.07. The molecule has 0 amide bonds. The van der Waals surface area contributed by atoms with Crippen molar-refractivity contribution < 1.29 is 13.9 Å². The molecular formula is C13H14ClN3O3. The molecule has 0 saturated carbocycles. The van der Waals surface area contributed by atoms with Gasteiger partial charge < -0.3 is 13.9 Å². The van der Waals surface area contributed by atoms with E-state index in [2.05, 4.69) is 15.2 Å². The minimum atomic E-state index is -0.627. The van der Waals surface area contributed by atoms with Gasteiger partial charge >= 0.3 is 0 Å². The molecular weight excluding hydrogens is 282 g/mol. The van der Waals surface area contributed by atoms with Crippen LogP contribution in [0.2, 0.25) is 5.15 Å². The summed E-state index contributed by atoms with van der Waals surface area (Å²) in [4.78, 5) is 4.07.